The van der Waals surface area contributed by atoms with Gasteiger partial charge in [-0.15, -0.1) is 0 Å². The van der Waals surface area contributed by atoms with Gasteiger partial charge < -0.3 is 20.1 Å². The van der Waals surface area contributed by atoms with Crippen molar-refractivity contribution in [3.05, 3.63) is 101 Å². The lowest BCUT2D eigenvalue weighted by molar-refractivity contribution is 0.170. The van der Waals surface area contributed by atoms with Crippen LogP contribution in [0.4, 0.5) is 0 Å². The van der Waals surface area contributed by atoms with Gasteiger partial charge in [-0.1, -0.05) is 66.2 Å². The zero-order valence-corrected chi connectivity index (χ0v) is 18.3. The van der Waals surface area contributed by atoms with Crippen LogP contribution in [0.3, 0.4) is 0 Å². The van der Waals surface area contributed by atoms with Gasteiger partial charge in [0.25, 0.3) is 0 Å². The molecule has 0 saturated carbocycles. The number of aliphatic hydroxyl groups excluding tert-OH is 1. The number of H-pyrrole nitrogens is 1. The van der Waals surface area contributed by atoms with Gasteiger partial charge in [0, 0.05) is 29.2 Å². The Morgan fingerprint density at radius 2 is 1.84 bits per heavy atom. The van der Waals surface area contributed by atoms with Gasteiger partial charge >= 0.3 is 0 Å². The van der Waals surface area contributed by atoms with Crippen molar-refractivity contribution in [3.63, 3.8) is 0 Å². The Hall–Kier alpha value is -2.79. The summed E-state index contributed by atoms with van der Waals surface area (Å²) in [5, 5.41) is 15.7. The van der Waals surface area contributed by atoms with Crippen LogP contribution >= 0.6 is 11.6 Å². The summed E-state index contributed by atoms with van der Waals surface area (Å²) in [6.45, 7) is 3.13. The summed E-state index contributed by atoms with van der Waals surface area (Å²) in [6, 6.07) is 23.8. The molecule has 0 saturated heterocycles. The monoisotopic (exact) mass is 434 g/mol. The van der Waals surface area contributed by atoms with E-state index in [2.05, 4.69) is 35.4 Å². The highest BCUT2D eigenvalue weighted by molar-refractivity contribution is 6.30. The fourth-order valence-corrected chi connectivity index (χ4v) is 3.95. The van der Waals surface area contributed by atoms with Gasteiger partial charge in [0.2, 0.25) is 0 Å². The van der Waals surface area contributed by atoms with Gasteiger partial charge in [0.1, 0.15) is 12.4 Å². The first-order chi connectivity index (χ1) is 15.1. The number of rotatable bonds is 9. The zero-order chi connectivity index (χ0) is 21.6. The molecule has 0 amide bonds. The van der Waals surface area contributed by atoms with E-state index in [1.165, 1.54) is 5.56 Å². The number of fused-ring (bicyclic) bond motifs is 1. The summed E-state index contributed by atoms with van der Waals surface area (Å²) in [4.78, 5) is 3.38. The number of aromatic nitrogens is 1. The molecular formula is C26H27ClN2O2. The lowest BCUT2D eigenvalue weighted by Gasteiger charge is -2.17. The van der Waals surface area contributed by atoms with E-state index < -0.39 is 6.10 Å². The van der Waals surface area contributed by atoms with Crippen molar-refractivity contribution in [2.24, 2.45) is 0 Å². The molecule has 0 radical (unpaired) electrons. The van der Waals surface area contributed by atoms with Crippen LogP contribution in [0.1, 0.15) is 29.7 Å². The molecule has 0 spiro atoms. The molecule has 160 valence electrons. The minimum Gasteiger partial charge on any atom is -0.487 e. The second-order valence-electron chi connectivity index (χ2n) is 7.85. The first kappa shape index (κ1) is 21.4. The van der Waals surface area contributed by atoms with E-state index in [-0.39, 0.29) is 6.04 Å². The standard InChI is InChI=1S/C26H27ClN2O2/c1-18(28-16-24(30)20-9-5-10-22(27)14-20)13-21-15-29-26-23(21)11-6-12-25(26)31-17-19-7-3-2-4-8-19/h2-12,14-15,18,24,28-30H,13,16-17H2,1H3/t18?,24-/m0/s1. The topological polar surface area (TPSA) is 57.3 Å². The summed E-state index contributed by atoms with van der Waals surface area (Å²) < 4.78 is 6.07. The molecule has 1 heterocycles. The number of aliphatic hydroxyl groups is 1. The average molecular weight is 435 g/mol. The number of aromatic amines is 1. The molecule has 3 N–H and O–H groups in total. The van der Waals surface area contributed by atoms with Gasteiger partial charge in [0.05, 0.1) is 11.6 Å². The van der Waals surface area contributed by atoms with Crippen molar-refractivity contribution < 1.29 is 9.84 Å². The summed E-state index contributed by atoms with van der Waals surface area (Å²) in [5.41, 5.74) is 4.19. The van der Waals surface area contributed by atoms with Crippen molar-refractivity contribution >= 4 is 22.5 Å². The SMILES string of the molecule is CC(Cc1c[nH]c2c(OCc3ccccc3)cccc12)NC[C@H](O)c1cccc(Cl)c1. The molecule has 0 aliphatic rings. The fourth-order valence-electron chi connectivity index (χ4n) is 3.76. The second kappa shape index (κ2) is 10.0. The van der Waals surface area contributed by atoms with Crippen LogP contribution < -0.4 is 10.1 Å². The van der Waals surface area contributed by atoms with Crippen molar-refractivity contribution in [2.75, 3.05) is 6.54 Å². The van der Waals surface area contributed by atoms with Gasteiger partial charge in [0.15, 0.2) is 0 Å². The predicted molar refractivity (Wildman–Crippen MR) is 127 cm³/mol. The molecule has 4 aromatic rings. The normalized spacial score (nSPS) is 13.3. The van der Waals surface area contributed by atoms with E-state index in [0.717, 1.165) is 34.2 Å². The van der Waals surface area contributed by atoms with E-state index in [9.17, 15) is 5.11 Å². The van der Waals surface area contributed by atoms with Crippen LogP contribution in [0.25, 0.3) is 10.9 Å². The quantitative estimate of drug-likeness (QED) is 0.319. The van der Waals surface area contributed by atoms with E-state index in [1.807, 2.05) is 54.7 Å². The minimum atomic E-state index is -0.595. The maximum Gasteiger partial charge on any atom is 0.143 e. The summed E-state index contributed by atoms with van der Waals surface area (Å²) in [5.74, 6) is 0.851. The highest BCUT2D eigenvalue weighted by atomic mass is 35.5. The molecule has 4 nitrogen and oxygen atoms in total. The molecule has 2 atom stereocenters. The van der Waals surface area contributed by atoms with E-state index in [0.29, 0.717) is 18.2 Å². The Balaban J connectivity index is 1.38. The Morgan fingerprint density at radius 3 is 2.65 bits per heavy atom. The Morgan fingerprint density at radius 1 is 1.03 bits per heavy atom. The Kier molecular flexibility index (Phi) is 6.92. The number of nitrogens with one attached hydrogen (secondary N) is 2. The maximum absolute atomic E-state index is 10.4. The highest BCUT2D eigenvalue weighted by Crippen LogP contribution is 2.28. The molecular weight excluding hydrogens is 408 g/mol. The number of halogens is 1. The van der Waals surface area contributed by atoms with Crippen LogP contribution in [0.5, 0.6) is 5.75 Å². The molecule has 1 aromatic heterocycles. The molecule has 5 heteroatoms. The average Bonchev–Trinajstić information content (AvgIpc) is 3.20. The van der Waals surface area contributed by atoms with Gasteiger partial charge in [-0.05, 0) is 48.2 Å². The third-order valence-corrected chi connectivity index (χ3v) is 5.65. The van der Waals surface area contributed by atoms with Crippen LogP contribution in [-0.2, 0) is 13.0 Å². The predicted octanol–water partition coefficient (Wildman–Crippen LogP) is 5.65. The molecule has 0 aliphatic carbocycles. The van der Waals surface area contributed by atoms with Gasteiger partial charge in [-0.25, -0.2) is 0 Å². The fraction of sp³-hybridized carbons (Fsp3) is 0.231. The summed E-state index contributed by atoms with van der Waals surface area (Å²) in [6.07, 6.45) is 2.29. The van der Waals surface area contributed by atoms with Crippen molar-refractivity contribution in [3.8, 4) is 5.75 Å². The molecule has 4 rings (SSSR count). The molecule has 0 fully saturated rings. The third kappa shape index (κ3) is 5.47. The van der Waals surface area contributed by atoms with Crippen molar-refractivity contribution in [1.82, 2.24) is 10.3 Å². The Bertz CT molecular complexity index is 1130. The van der Waals surface area contributed by atoms with Gasteiger partial charge in [-0.2, -0.15) is 0 Å². The first-order valence-electron chi connectivity index (χ1n) is 10.5. The zero-order valence-electron chi connectivity index (χ0n) is 17.5. The van der Waals surface area contributed by atoms with Crippen molar-refractivity contribution in [2.45, 2.75) is 32.1 Å². The van der Waals surface area contributed by atoms with Crippen LogP contribution in [0.2, 0.25) is 5.02 Å². The first-order valence-corrected chi connectivity index (χ1v) is 10.9. The lowest BCUT2D eigenvalue weighted by Crippen LogP contribution is -2.32. The number of para-hydroxylation sites is 1. The summed E-state index contributed by atoms with van der Waals surface area (Å²) in [7, 11) is 0. The minimum absolute atomic E-state index is 0.196. The number of hydrogen-bond donors (Lipinski definition) is 3. The maximum atomic E-state index is 10.4. The van der Waals surface area contributed by atoms with E-state index in [4.69, 9.17) is 16.3 Å². The number of hydrogen-bond acceptors (Lipinski definition) is 3. The van der Waals surface area contributed by atoms with Crippen LogP contribution in [0, 0.1) is 0 Å². The number of ether oxygens (including phenoxy) is 1. The van der Waals surface area contributed by atoms with E-state index in [1.54, 1.807) is 6.07 Å². The molecule has 0 aliphatic heterocycles. The van der Waals surface area contributed by atoms with Crippen molar-refractivity contribution in [1.29, 1.82) is 0 Å². The molecule has 1 unspecified atom stereocenters. The third-order valence-electron chi connectivity index (χ3n) is 5.42. The van der Waals surface area contributed by atoms with Crippen LogP contribution in [0.15, 0.2) is 79.0 Å². The summed E-state index contributed by atoms with van der Waals surface area (Å²) >= 11 is 6.03. The lowest BCUT2D eigenvalue weighted by atomic mass is 10.0. The highest BCUT2D eigenvalue weighted by Gasteiger charge is 2.14. The molecule has 0 bridgehead atoms. The Labute approximate surface area is 187 Å². The smallest absolute Gasteiger partial charge is 0.143 e. The molecule has 3 aromatic carbocycles. The number of benzene rings is 3. The second-order valence-corrected chi connectivity index (χ2v) is 8.29. The van der Waals surface area contributed by atoms with E-state index >= 15 is 0 Å². The van der Waals surface area contributed by atoms with Crippen LogP contribution in [-0.4, -0.2) is 22.7 Å². The van der Waals surface area contributed by atoms with Gasteiger partial charge in [-0.3, -0.25) is 0 Å². The largest absolute Gasteiger partial charge is 0.487 e. The molecule has 31 heavy (non-hydrogen) atoms.